The number of aromatic nitrogens is 1. The van der Waals surface area contributed by atoms with Crippen molar-refractivity contribution < 1.29 is 17.7 Å². The molecule has 0 saturated carbocycles. The van der Waals surface area contributed by atoms with Gasteiger partial charge in [-0.3, -0.25) is 9.10 Å². The topological polar surface area (TPSA) is 83.7 Å². The van der Waals surface area contributed by atoms with Gasteiger partial charge in [0.15, 0.2) is 5.69 Å². The predicted molar refractivity (Wildman–Crippen MR) is 87.3 cm³/mol. The van der Waals surface area contributed by atoms with Crippen LogP contribution in [0, 0.1) is 6.92 Å². The summed E-state index contributed by atoms with van der Waals surface area (Å²) in [5.41, 5.74) is 2.02. The molecule has 1 saturated heterocycles. The normalized spacial score (nSPS) is 17.7. The van der Waals surface area contributed by atoms with Crippen molar-refractivity contribution in [1.29, 1.82) is 0 Å². The lowest BCUT2D eigenvalue weighted by Gasteiger charge is -2.40. The largest absolute Gasteiger partial charge is 0.361 e. The van der Waals surface area contributed by atoms with Crippen LogP contribution in [-0.2, 0) is 16.4 Å². The molecule has 1 aromatic carbocycles. The third-order valence-corrected chi connectivity index (χ3v) is 6.69. The fourth-order valence-electron chi connectivity index (χ4n) is 3.17. The summed E-state index contributed by atoms with van der Waals surface area (Å²) in [7, 11) is -3.46. The number of hydrogen-bond acceptors (Lipinski definition) is 5. The number of para-hydroxylation sites is 1. The summed E-state index contributed by atoms with van der Waals surface area (Å²) in [6, 6.07) is 9.10. The van der Waals surface area contributed by atoms with Gasteiger partial charge in [-0.05, 0) is 25.0 Å². The summed E-state index contributed by atoms with van der Waals surface area (Å²) >= 11 is 0. The molecule has 1 amide bonds. The number of sulfonamides is 1. The van der Waals surface area contributed by atoms with E-state index in [4.69, 9.17) is 4.52 Å². The third-order valence-electron chi connectivity index (χ3n) is 4.56. The number of carbonyl (C=O) groups excluding carboxylic acids is 1. The highest BCUT2D eigenvalue weighted by molar-refractivity contribution is 7.93. The molecule has 4 rings (SSSR count). The van der Waals surface area contributed by atoms with Gasteiger partial charge in [-0.1, -0.05) is 23.4 Å². The molecular weight excluding hydrogens is 330 g/mol. The number of amides is 1. The average Bonchev–Trinajstić information content (AvgIpc) is 3.11. The highest BCUT2D eigenvalue weighted by atomic mass is 32.2. The summed E-state index contributed by atoms with van der Waals surface area (Å²) < 4.78 is 32.1. The Balaban J connectivity index is 1.48. The van der Waals surface area contributed by atoms with Gasteiger partial charge in [0, 0.05) is 25.7 Å². The Morgan fingerprint density at radius 2 is 2.04 bits per heavy atom. The van der Waals surface area contributed by atoms with Crippen molar-refractivity contribution in [3.63, 3.8) is 0 Å². The van der Waals surface area contributed by atoms with Crippen LogP contribution in [0.5, 0.6) is 0 Å². The van der Waals surface area contributed by atoms with Crippen molar-refractivity contribution in [3.8, 4) is 0 Å². The fourth-order valence-corrected chi connectivity index (χ4v) is 5.07. The summed E-state index contributed by atoms with van der Waals surface area (Å²) in [4.78, 5) is 13.7. The molecule has 0 bridgehead atoms. The highest BCUT2D eigenvalue weighted by Gasteiger charge is 2.44. The van der Waals surface area contributed by atoms with Crippen LogP contribution in [-0.4, -0.2) is 49.3 Å². The van der Waals surface area contributed by atoms with E-state index in [2.05, 4.69) is 5.16 Å². The van der Waals surface area contributed by atoms with E-state index in [1.54, 1.807) is 13.0 Å². The van der Waals surface area contributed by atoms with Crippen molar-refractivity contribution in [2.45, 2.75) is 18.6 Å². The minimum absolute atomic E-state index is 0.186. The van der Waals surface area contributed by atoms with Crippen LogP contribution in [0.3, 0.4) is 0 Å². The van der Waals surface area contributed by atoms with Gasteiger partial charge in [0.25, 0.3) is 5.91 Å². The summed E-state index contributed by atoms with van der Waals surface area (Å²) in [6.07, 6.45) is 0.725. The SMILES string of the molecule is Cc1cc(C(=O)N2CC(S(=O)(=O)N3CCc4ccccc43)C2)no1. The number of benzene rings is 1. The Kier molecular flexibility index (Phi) is 3.38. The van der Waals surface area contributed by atoms with Crippen LogP contribution in [0.2, 0.25) is 0 Å². The smallest absolute Gasteiger partial charge is 0.276 e. The number of hydrogen-bond donors (Lipinski definition) is 0. The van der Waals surface area contributed by atoms with Crippen molar-refractivity contribution >= 4 is 21.6 Å². The highest BCUT2D eigenvalue weighted by Crippen LogP contribution is 2.33. The number of aryl methyl sites for hydroxylation is 1. The second-order valence-electron chi connectivity index (χ2n) is 6.15. The van der Waals surface area contributed by atoms with Gasteiger partial charge < -0.3 is 9.42 Å². The monoisotopic (exact) mass is 347 g/mol. The quantitative estimate of drug-likeness (QED) is 0.833. The van der Waals surface area contributed by atoms with Crippen molar-refractivity contribution in [2.75, 3.05) is 23.9 Å². The minimum Gasteiger partial charge on any atom is -0.361 e. The minimum atomic E-state index is -3.46. The van der Waals surface area contributed by atoms with Gasteiger partial charge in [-0.2, -0.15) is 0 Å². The average molecular weight is 347 g/mol. The molecule has 7 nitrogen and oxygen atoms in total. The first kappa shape index (κ1) is 15.2. The van der Waals surface area contributed by atoms with Crippen LogP contribution in [0.4, 0.5) is 5.69 Å². The predicted octanol–water partition coefficient (Wildman–Crippen LogP) is 1.20. The van der Waals surface area contributed by atoms with E-state index >= 15 is 0 Å². The van der Waals surface area contributed by atoms with E-state index in [0.29, 0.717) is 12.3 Å². The van der Waals surface area contributed by atoms with Crippen LogP contribution >= 0.6 is 0 Å². The van der Waals surface area contributed by atoms with Gasteiger partial charge in [0.05, 0.1) is 5.69 Å². The van der Waals surface area contributed by atoms with Crippen molar-refractivity contribution in [2.24, 2.45) is 0 Å². The Morgan fingerprint density at radius 3 is 2.75 bits per heavy atom. The maximum absolute atomic E-state index is 12.8. The Morgan fingerprint density at radius 1 is 1.29 bits per heavy atom. The molecule has 2 aromatic rings. The van der Waals surface area contributed by atoms with Gasteiger partial charge in [-0.25, -0.2) is 8.42 Å². The lowest BCUT2D eigenvalue weighted by atomic mass is 10.2. The maximum atomic E-state index is 12.8. The Hall–Kier alpha value is -2.35. The zero-order valence-corrected chi connectivity index (χ0v) is 14.0. The zero-order chi connectivity index (χ0) is 16.9. The van der Waals surface area contributed by atoms with Gasteiger partial charge >= 0.3 is 0 Å². The first-order valence-electron chi connectivity index (χ1n) is 7.79. The molecule has 126 valence electrons. The van der Waals surface area contributed by atoms with E-state index < -0.39 is 15.3 Å². The lowest BCUT2D eigenvalue weighted by Crippen LogP contribution is -2.60. The maximum Gasteiger partial charge on any atom is 0.276 e. The number of nitrogens with zero attached hydrogens (tertiary/aromatic N) is 3. The van der Waals surface area contributed by atoms with Gasteiger partial charge in [0.1, 0.15) is 11.0 Å². The van der Waals surface area contributed by atoms with E-state index in [-0.39, 0.29) is 24.7 Å². The molecule has 0 spiro atoms. The number of carbonyl (C=O) groups is 1. The van der Waals surface area contributed by atoms with E-state index in [0.717, 1.165) is 17.7 Å². The van der Waals surface area contributed by atoms with Crippen LogP contribution < -0.4 is 4.31 Å². The number of likely N-dealkylation sites (tertiary alicyclic amines) is 1. The van der Waals surface area contributed by atoms with E-state index in [1.807, 2.05) is 24.3 Å². The molecule has 1 aromatic heterocycles. The first-order valence-corrected chi connectivity index (χ1v) is 9.29. The Labute approximate surface area is 139 Å². The van der Waals surface area contributed by atoms with E-state index in [9.17, 15) is 13.2 Å². The van der Waals surface area contributed by atoms with Crippen LogP contribution in [0.25, 0.3) is 0 Å². The van der Waals surface area contributed by atoms with Crippen molar-refractivity contribution in [1.82, 2.24) is 10.1 Å². The second-order valence-corrected chi connectivity index (χ2v) is 8.29. The molecule has 3 heterocycles. The van der Waals surface area contributed by atoms with Crippen LogP contribution in [0.15, 0.2) is 34.9 Å². The van der Waals surface area contributed by atoms with Gasteiger partial charge in [0.2, 0.25) is 10.0 Å². The summed E-state index contributed by atoms with van der Waals surface area (Å²) in [5.74, 6) is 0.261. The standard InChI is InChI=1S/C16H17N3O4S/c1-11-8-14(17-23-11)16(20)18-9-13(10-18)24(21,22)19-7-6-12-4-2-3-5-15(12)19/h2-5,8,13H,6-7,9-10H2,1H3. The third kappa shape index (κ3) is 2.29. The Bertz CT molecular complexity index is 900. The fraction of sp³-hybridized carbons (Fsp3) is 0.375. The molecule has 8 heteroatoms. The molecule has 0 atom stereocenters. The molecule has 2 aliphatic rings. The molecule has 0 aliphatic carbocycles. The van der Waals surface area contributed by atoms with Crippen LogP contribution in [0.1, 0.15) is 21.8 Å². The number of rotatable bonds is 3. The lowest BCUT2D eigenvalue weighted by molar-refractivity contribution is 0.0648. The summed E-state index contributed by atoms with van der Waals surface area (Å²) in [5, 5.41) is 3.12. The zero-order valence-electron chi connectivity index (χ0n) is 13.2. The van der Waals surface area contributed by atoms with E-state index in [1.165, 1.54) is 9.21 Å². The second kappa shape index (κ2) is 5.34. The first-order chi connectivity index (χ1) is 11.5. The molecule has 2 aliphatic heterocycles. The number of fused-ring (bicyclic) bond motifs is 1. The van der Waals surface area contributed by atoms with Gasteiger partial charge in [-0.15, -0.1) is 0 Å². The van der Waals surface area contributed by atoms with Crippen molar-refractivity contribution in [3.05, 3.63) is 47.3 Å². The molecule has 1 fully saturated rings. The molecule has 0 radical (unpaired) electrons. The molecule has 0 unspecified atom stereocenters. The molecule has 24 heavy (non-hydrogen) atoms. The number of anilines is 1. The summed E-state index contributed by atoms with van der Waals surface area (Å²) in [6.45, 7) is 2.55. The molecule has 0 N–H and O–H groups in total. The molecular formula is C16H17N3O4S.